The standard InChI is InChI=1S/C14H20O4S/c1-3-5-6-8-12-9-7-10-13(15)14(12)19(16,17)18-11-4-2/h4,7,9-10,15H,2-3,5-6,8,11H2,1H3. The lowest BCUT2D eigenvalue weighted by Crippen LogP contribution is -2.09. The van der Waals surface area contributed by atoms with Gasteiger partial charge in [0.25, 0.3) is 0 Å². The molecule has 1 rings (SSSR count). The van der Waals surface area contributed by atoms with Crippen LogP contribution in [0.4, 0.5) is 0 Å². The van der Waals surface area contributed by atoms with Gasteiger partial charge in [-0.05, 0) is 24.5 Å². The predicted octanol–water partition coefficient (Wildman–Crippen LogP) is 3.02. The average molecular weight is 284 g/mol. The number of phenols is 1. The highest BCUT2D eigenvalue weighted by Gasteiger charge is 2.23. The third-order valence-electron chi connectivity index (χ3n) is 2.72. The van der Waals surface area contributed by atoms with E-state index in [1.807, 2.05) is 0 Å². The second-order valence-electron chi connectivity index (χ2n) is 4.25. The molecule has 19 heavy (non-hydrogen) atoms. The van der Waals surface area contributed by atoms with Gasteiger partial charge in [-0.2, -0.15) is 8.42 Å². The smallest absolute Gasteiger partial charge is 0.301 e. The normalized spacial score (nSPS) is 11.4. The number of aromatic hydroxyl groups is 1. The third kappa shape index (κ3) is 4.36. The number of unbranched alkanes of at least 4 members (excludes halogenated alkanes) is 2. The van der Waals surface area contributed by atoms with Crippen LogP contribution in [-0.2, 0) is 20.7 Å². The number of rotatable bonds is 8. The van der Waals surface area contributed by atoms with Gasteiger partial charge in [-0.15, -0.1) is 6.58 Å². The highest BCUT2D eigenvalue weighted by molar-refractivity contribution is 7.87. The van der Waals surface area contributed by atoms with E-state index in [1.165, 1.54) is 12.1 Å². The van der Waals surface area contributed by atoms with Crippen molar-refractivity contribution in [3.8, 4) is 5.75 Å². The van der Waals surface area contributed by atoms with Crippen LogP contribution in [0.25, 0.3) is 0 Å². The Morgan fingerprint density at radius 3 is 2.74 bits per heavy atom. The molecule has 0 aliphatic rings. The van der Waals surface area contributed by atoms with Gasteiger partial charge >= 0.3 is 10.1 Å². The van der Waals surface area contributed by atoms with E-state index in [2.05, 4.69) is 13.5 Å². The van der Waals surface area contributed by atoms with Crippen LogP contribution in [-0.4, -0.2) is 20.1 Å². The topological polar surface area (TPSA) is 63.6 Å². The van der Waals surface area contributed by atoms with E-state index in [-0.39, 0.29) is 17.3 Å². The van der Waals surface area contributed by atoms with Crippen molar-refractivity contribution in [1.29, 1.82) is 0 Å². The zero-order chi connectivity index (χ0) is 14.3. The first kappa shape index (κ1) is 15.7. The van der Waals surface area contributed by atoms with Gasteiger partial charge in [0.2, 0.25) is 0 Å². The van der Waals surface area contributed by atoms with Crippen LogP contribution < -0.4 is 0 Å². The Morgan fingerprint density at radius 1 is 1.37 bits per heavy atom. The van der Waals surface area contributed by atoms with Gasteiger partial charge in [0.1, 0.15) is 10.6 Å². The summed E-state index contributed by atoms with van der Waals surface area (Å²) in [6.07, 6.45) is 4.91. The first-order valence-corrected chi connectivity index (χ1v) is 7.75. The van der Waals surface area contributed by atoms with Crippen molar-refractivity contribution >= 4 is 10.1 Å². The number of benzene rings is 1. The zero-order valence-corrected chi connectivity index (χ0v) is 11.9. The van der Waals surface area contributed by atoms with Crippen LogP contribution in [0.5, 0.6) is 5.75 Å². The molecule has 5 heteroatoms. The van der Waals surface area contributed by atoms with Crippen LogP contribution in [0, 0.1) is 0 Å². The number of hydrogen-bond donors (Lipinski definition) is 1. The van der Waals surface area contributed by atoms with Crippen molar-refractivity contribution in [2.24, 2.45) is 0 Å². The van der Waals surface area contributed by atoms with Crippen LogP contribution in [0.3, 0.4) is 0 Å². The van der Waals surface area contributed by atoms with E-state index in [4.69, 9.17) is 4.18 Å². The fraction of sp³-hybridized carbons (Fsp3) is 0.429. The van der Waals surface area contributed by atoms with Gasteiger partial charge in [-0.25, -0.2) is 0 Å². The van der Waals surface area contributed by atoms with Crippen molar-refractivity contribution in [3.63, 3.8) is 0 Å². The maximum absolute atomic E-state index is 12.0. The Morgan fingerprint density at radius 2 is 2.11 bits per heavy atom. The Kier molecular flexibility index (Phi) is 6.05. The molecule has 1 aromatic rings. The summed E-state index contributed by atoms with van der Waals surface area (Å²) in [4.78, 5) is -0.118. The van der Waals surface area contributed by atoms with Crippen LogP contribution >= 0.6 is 0 Å². The van der Waals surface area contributed by atoms with Crippen LogP contribution in [0.1, 0.15) is 31.7 Å². The molecule has 0 unspecified atom stereocenters. The second kappa shape index (κ2) is 7.31. The summed E-state index contributed by atoms with van der Waals surface area (Å²) in [5.41, 5.74) is 0.595. The number of phenolic OH excluding ortho intramolecular Hbond substituents is 1. The van der Waals surface area contributed by atoms with E-state index in [9.17, 15) is 13.5 Å². The van der Waals surface area contributed by atoms with Crippen LogP contribution in [0.15, 0.2) is 35.7 Å². The minimum absolute atomic E-state index is 0.106. The molecule has 106 valence electrons. The van der Waals surface area contributed by atoms with E-state index >= 15 is 0 Å². The maximum atomic E-state index is 12.0. The average Bonchev–Trinajstić information content (AvgIpc) is 2.36. The first-order chi connectivity index (χ1) is 9.03. The van der Waals surface area contributed by atoms with E-state index < -0.39 is 10.1 Å². The molecule has 1 aromatic carbocycles. The molecule has 0 aliphatic carbocycles. The van der Waals surface area contributed by atoms with Gasteiger partial charge in [0.05, 0.1) is 6.61 Å². The molecule has 0 bridgehead atoms. The van der Waals surface area contributed by atoms with Gasteiger partial charge in [0.15, 0.2) is 0 Å². The Bertz CT molecular complexity index is 520. The molecule has 0 aliphatic heterocycles. The highest BCUT2D eigenvalue weighted by atomic mass is 32.2. The molecule has 0 amide bonds. The molecular formula is C14H20O4S. The zero-order valence-electron chi connectivity index (χ0n) is 11.1. The SMILES string of the molecule is C=CCOS(=O)(=O)c1c(O)cccc1CCCCC. The Balaban J connectivity index is 3.06. The molecule has 0 spiro atoms. The molecule has 4 nitrogen and oxygen atoms in total. The molecule has 0 aromatic heterocycles. The van der Waals surface area contributed by atoms with Crippen molar-refractivity contribution < 1.29 is 17.7 Å². The van der Waals surface area contributed by atoms with Gasteiger partial charge < -0.3 is 5.11 Å². The molecule has 0 saturated heterocycles. The Labute approximate surface area is 114 Å². The lowest BCUT2D eigenvalue weighted by Gasteiger charge is -2.11. The van der Waals surface area contributed by atoms with Gasteiger partial charge in [0, 0.05) is 0 Å². The number of hydrogen-bond acceptors (Lipinski definition) is 4. The molecule has 0 radical (unpaired) electrons. The lowest BCUT2D eigenvalue weighted by atomic mass is 10.1. The summed E-state index contributed by atoms with van der Waals surface area (Å²) in [6, 6.07) is 4.70. The molecule has 0 atom stereocenters. The summed E-state index contributed by atoms with van der Waals surface area (Å²) >= 11 is 0. The van der Waals surface area contributed by atoms with E-state index in [0.29, 0.717) is 12.0 Å². The van der Waals surface area contributed by atoms with Crippen molar-refractivity contribution in [2.45, 2.75) is 37.5 Å². The second-order valence-corrected chi connectivity index (χ2v) is 5.80. The summed E-state index contributed by atoms with van der Waals surface area (Å²) < 4.78 is 28.9. The fourth-order valence-corrected chi connectivity index (χ4v) is 3.03. The van der Waals surface area contributed by atoms with Crippen molar-refractivity contribution in [3.05, 3.63) is 36.4 Å². The predicted molar refractivity (Wildman–Crippen MR) is 74.7 cm³/mol. The third-order valence-corrected chi connectivity index (χ3v) is 4.13. The lowest BCUT2D eigenvalue weighted by molar-refractivity contribution is 0.352. The quantitative estimate of drug-likeness (QED) is 0.453. The van der Waals surface area contributed by atoms with Crippen LogP contribution in [0.2, 0.25) is 0 Å². The molecule has 0 heterocycles. The molecule has 0 fully saturated rings. The monoisotopic (exact) mass is 284 g/mol. The maximum Gasteiger partial charge on any atom is 0.301 e. The molecular weight excluding hydrogens is 264 g/mol. The summed E-state index contributed by atoms with van der Waals surface area (Å²) in [7, 11) is -3.94. The Hall–Kier alpha value is -1.33. The van der Waals surface area contributed by atoms with Gasteiger partial charge in [-0.3, -0.25) is 4.18 Å². The highest BCUT2D eigenvalue weighted by Crippen LogP contribution is 2.29. The molecule has 0 saturated carbocycles. The van der Waals surface area contributed by atoms with E-state index in [1.54, 1.807) is 12.1 Å². The summed E-state index contributed by atoms with van der Waals surface area (Å²) in [5.74, 6) is -0.266. The van der Waals surface area contributed by atoms with Gasteiger partial charge in [-0.1, -0.05) is 38.0 Å². The van der Waals surface area contributed by atoms with Crippen molar-refractivity contribution in [2.75, 3.05) is 6.61 Å². The summed E-state index contributed by atoms with van der Waals surface area (Å²) in [6.45, 7) is 5.38. The minimum Gasteiger partial charge on any atom is -0.506 e. The number of aryl methyl sites for hydroxylation is 1. The fourth-order valence-electron chi connectivity index (χ4n) is 1.82. The largest absolute Gasteiger partial charge is 0.506 e. The van der Waals surface area contributed by atoms with Crippen molar-refractivity contribution in [1.82, 2.24) is 0 Å². The summed E-state index contributed by atoms with van der Waals surface area (Å²) in [5, 5.41) is 9.80. The first-order valence-electron chi connectivity index (χ1n) is 6.34. The molecule has 1 N–H and O–H groups in total. The van der Waals surface area contributed by atoms with E-state index in [0.717, 1.165) is 19.3 Å². The minimum atomic E-state index is -3.94.